The summed E-state index contributed by atoms with van der Waals surface area (Å²) in [5, 5.41) is 28.4. The van der Waals surface area contributed by atoms with Gasteiger partial charge in [-0.05, 0) is 20.3 Å². The molecule has 2 aliphatic heterocycles. The highest BCUT2D eigenvalue weighted by Crippen LogP contribution is 2.36. The van der Waals surface area contributed by atoms with E-state index >= 15 is 0 Å². The minimum atomic E-state index is -0.810. The largest absolute Gasteiger partial charge is 0.396 e. The molecule has 0 aromatic heterocycles. The van der Waals surface area contributed by atoms with E-state index in [1.807, 2.05) is 0 Å². The Bertz CT molecular complexity index is 353. The minimum absolute atomic E-state index is 0.189. The van der Waals surface area contributed by atoms with Crippen LogP contribution in [0.4, 0.5) is 0 Å². The number of aliphatic hydroxyl groups excluding tert-OH is 2. The molecular weight excluding hydrogens is 250 g/mol. The molecule has 0 spiro atoms. The quantitative estimate of drug-likeness (QED) is 0.760. The van der Waals surface area contributed by atoms with E-state index in [2.05, 4.69) is 6.07 Å². The number of fused-ring (bicyclic) bond motifs is 1. The van der Waals surface area contributed by atoms with Crippen LogP contribution in [0.2, 0.25) is 0 Å². The Hall–Kier alpha value is -0.710. The third-order valence-electron chi connectivity index (χ3n) is 3.74. The summed E-state index contributed by atoms with van der Waals surface area (Å²) in [6.07, 6.45) is -1.18. The standard InChI is InChI=1S/C13H21NO5/c1-13(2)17-7-10-12(19-13)11(16)8(6-15)9(18-10)4-3-5-14/h8-12,15-16H,3-4,6-7H2,1-2H3/t8-,9-,10-,11-,12-/m1/s1. The van der Waals surface area contributed by atoms with Crippen LogP contribution in [0.3, 0.4) is 0 Å². The number of nitrogens with zero attached hydrogens (tertiary/aromatic N) is 1. The molecule has 2 heterocycles. The summed E-state index contributed by atoms with van der Waals surface area (Å²) in [4.78, 5) is 0. The second kappa shape index (κ2) is 5.73. The second-order valence-corrected chi connectivity index (χ2v) is 5.54. The highest BCUT2D eigenvalue weighted by Gasteiger charge is 2.50. The van der Waals surface area contributed by atoms with Crippen LogP contribution in [0.1, 0.15) is 26.7 Å². The Labute approximate surface area is 112 Å². The van der Waals surface area contributed by atoms with E-state index in [0.717, 1.165) is 0 Å². The van der Waals surface area contributed by atoms with Gasteiger partial charge in [0.05, 0.1) is 31.5 Å². The second-order valence-electron chi connectivity index (χ2n) is 5.54. The fraction of sp³-hybridized carbons (Fsp3) is 0.923. The average Bonchev–Trinajstić information content (AvgIpc) is 2.37. The smallest absolute Gasteiger partial charge is 0.163 e. The summed E-state index contributed by atoms with van der Waals surface area (Å²) in [6.45, 7) is 3.72. The van der Waals surface area contributed by atoms with Crippen molar-refractivity contribution in [1.29, 1.82) is 5.26 Å². The molecule has 6 heteroatoms. The van der Waals surface area contributed by atoms with E-state index in [1.165, 1.54) is 0 Å². The van der Waals surface area contributed by atoms with E-state index in [9.17, 15) is 10.2 Å². The summed E-state index contributed by atoms with van der Waals surface area (Å²) in [5.41, 5.74) is 0. The van der Waals surface area contributed by atoms with Crippen molar-refractivity contribution in [2.45, 2.75) is 56.9 Å². The molecule has 0 bridgehead atoms. The predicted molar refractivity (Wildman–Crippen MR) is 65.0 cm³/mol. The third kappa shape index (κ3) is 3.07. The van der Waals surface area contributed by atoms with Crippen LogP contribution in [0, 0.1) is 17.2 Å². The van der Waals surface area contributed by atoms with Crippen LogP contribution in [0.5, 0.6) is 0 Å². The molecule has 0 aliphatic carbocycles. The maximum atomic E-state index is 10.4. The van der Waals surface area contributed by atoms with Gasteiger partial charge in [-0.15, -0.1) is 0 Å². The lowest BCUT2D eigenvalue weighted by Crippen LogP contribution is -2.62. The number of nitriles is 1. The molecule has 5 atom stereocenters. The lowest BCUT2D eigenvalue weighted by molar-refractivity contribution is -0.354. The number of aliphatic hydroxyl groups is 2. The summed E-state index contributed by atoms with van der Waals surface area (Å²) in [7, 11) is 0. The van der Waals surface area contributed by atoms with Crippen LogP contribution in [0.25, 0.3) is 0 Å². The van der Waals surface area contributed by atoms with E-state index in [4.69, 9.17) is 19.5 Å². The molecule has 6 nitrogen and oxygen atoms in total. The maximum absolute atomic E-state index is 10.4. The molecule has 0 aromatic carbocycles. The van der Waals surface area contributed by atoms with Crippen molar-refractivity contribution in [2.24, 2.45) is 5.92 Å². The molecule has 2 rings (SSSR count). The minimum Gasteiger partial charge on any atom is -0.396 e. The molecule has 2 aliphatic rings. The fourth-order valence-electron chi connectivity index (χ4n) is 2.73. The Morgan fingerprint density at radius 2 is 2.16 bits per heavy atom. The first kappa shape index (κ1) is 14.7. The van der Waals surface area contributed by atoms with Crippen LogP contribution in [-0.2, 0) is 14.2 Å². The zero-order valence-corrected chi connectivity index (χ0v) is 11.3. The number of rotatable bonds is 3. The lowest BCUT2D eigenvalue weighted by atomic mass is 9.84. The van der Waals surface area contributed by atoms with Crippen molar-refractivity contribution >= 4 is 0 Å². The molecule has 2 saturated heterocycles. The summed E-state index contributed by atoms with van der Waals surface area (Å²) >= 11 is 0. The first-order chi connectivity index (χ1) is 8.98. The molecule has 2 N–H and O–H groups in total. The zero-order chi connectivity index (χ0) is 14.0. The molecule has 0 aromatic rings. The highest BCUT2D eigenvalue weighted by molar-refractivity contribution is 4.96. The molecule has 0 saturated carbocycles. The van der Waals surface area contributed by atoms with Crippen molar-refractivity contribution in [2.75, 3.05) is 13.2 Å². The third-order valence-corrected chi connectivity index (χ3v) is 3.74. The van der Waals surface area contributed by atoms with Gasteiger partial charge >= 0.3 is 0 Å². The molecule has 19 heavy (non-hydrogen) atoms. The van der Waals surface area contributed by atoms with E-state index in [0.29, 0.717) is 19.4 Å². The van der Waals surface area contributed by atoms with Crippen LogP contribution < -0.4 is 0 Å². The van der Waals surface area contributed by atoms with Crippen LogP contribution >= 0.6 is 0 Å². The molecule has 2 fully saturated rings. The SMILES string of the molecule is CC1(C)OC[C@H]2O[C@H](CCC#N)[C@@H](CO)[C@@H](O)[C@@H]2O1. The van der Waals surface area contributed by atoms with E-state index in [1.54, 1.807) is 13.8 Å². The van der Waals surface area contributed by atoms with E-state index in [-0.39, 0.29) is 18.8 Å². The first-order valence-electron chi connectivity index (χ1n) is 6.61. The fourth-order valence-corrected chi connectivity index (χ4v) is 2.73. The van der Waals surface area contributed by atoms with Crippen molar-refractivity contribution in [3.8, 4) is 6.07 Å². The van der Waals surface area contributed by atoms with Gasteiger partial charge < -0.3 is 24.4 Å². The molecule has 0 unspecified atom stereocenters. The molecule has 0 amide bonds. The van der Waals surface area contributed by atoms with Gasteiger partial charge in [-0.1, -0.05) is 0 Å². The van der Waals surface area contributed by atoms with Crippen molar-refractivity contribution in [3.05, 3.63) is 0 Å². The molecule has 0 radical (unpaired) electrons. The number of hydrogen-bond donors (Lipinski definition) is 2. The number of ether oxygens (including phenoxy) is 3. The van der Waals surface area contributed by atoms with Crippen molar-refractivity contribution in [1.82, 2.24) is 0 Å². The van der Waals surface area contributed by atoms with Crippen molar-refractivity contribution < 1.29 is 24.4 Å². The Balaban J connectivity index is 2.09. The van der Waals surface area contributed by atoms with Crippen molar-refractivity contribution in [3.63, 3.8) is 0 Å². The van der Waals surface area contributed by atoms with Gasteiger partial charge in [0, 0.05) is 12.3 Å². The summed E-state index contributed by atoms with van der Waals surface area (Å²) in [6, 6.07) is 2.05. The number of hydrogen-bond acceptors (Lipinski definition) is 6. The lowest BCUT2D eigenvalue weighted by Gasteiger charge is -2.49. The van der Waals surface area contributed by atoms with Gasteiger partial charge in [0.1, 0.15) is 12.2 Å². The molecular formula is C13H21NO5. The Kier molecular flexibility index (Phi) is 4.43. The van der Waals surface area contributed by atoms with Crippen LogP contribution in [-0.4, -0.2) is 53.6 Å². The first-order valence-corrected chi connectivity index (χ1v) is 6.61. The molecule has 108 valence electrons. The predicted octanol–water partition coefficient (Wildman–Crippen LogP) is 0.178. The zero-order valence-electron chi connectivity index (χ0n) is 11.3. The Morgan fingerprint density at radius 1 is 1.42 bits per heavy atom. The summed E-state index contributed by atoms with van der Waals surface area (Å²) < 4.78 is 17.1. The van der Waals surface area contributed by atoms with Gasteiger partial charge in [0.2, 0.25) is 0 Å². The van der Waals surface area contributed by atoms with Gasteiger partial charge in [-0.2, -0.15) is 5.26 Å². The Morgan fingerprint density at radius 3 is 2.79 bits per heavy atom. The van der Waals surface area contributed by atoms with Gasteiger partial charge in [-0.3, -0.25) is 0 Å². The maximum Gasteiger partial charge on any atom is 0.163 e. The average molecular weight is 271 g/mol. The summed E-state index contributed by atoms with van der Waals surface area (Å²) in [5.74, 6) is -1.19. The highest BCUT2D eigenvalue weighted by atomic mass is 16.7. The van der Waals surface area contributed by atoms with Crippen LogP contribution in [0.15, 0.2) is 0 Å². The van der Waals surface area contributed by atoms with Gasteiger partial charge in [0.15, 0.2) is 5.79 Å². The monoisotopic (exact) mass is 271 g/mol. The topological polar surface area (TPSA) is 91.9 Å². The van der Waals surface area contributed by atoms with E-state index < -0.39 is 23.9 Å². The van der Waals surface area contributed by atoms with Gasteiger partial charge in [0.25, 0.3) is 0 Å². The normalized spacial score (nSPS) is 41.3. The van der Waals surface area contributed by atoms with Gasteiger partial charge in [-0.25, -0.2) is 0 Å².